The van der Waals surface area contributed by atoms with Crippen molar-refractivity contribution in [1.29, 1.82) is 0 Å². The van der Waals surface area contributed by atoms with Crippen molar-refractivity contribution in [3.8, 4) is 0 Å². The number of ether oxygens (including phenoxy) is 1. The van der Waals surface area contributed by atoms with E-state index in [9.17, 15) is 0 Å². The average Bonchev–Trinajstić information content (AvgIpc) is 2.13. The second kappa shape index (κ2) is 5.66. The quantitative estimate of drug-likeness (QED) is 0.516. The van der Waals surface area contributed by atoms with Gasteiger partial charge in [-0.15, -0.1) is 0 Å². The first-order chi connectivity index (χ1) is 6.80. The number of nitrogens with one attached hydrogen (secondary N) is 1. The summed E-state index contributed by atoms with van der Waals surface area (Å²) in [6.45, 7) is 10.5. The molecule has 0 atom stereocenters. The molecule has 0 saturated heterocycles. The standard InChI is InChI=1S/C12H19NO/c1-4-7-11(5-2)14-12-8-10(9-12)13-6-3/h4-5,7,10,12-13H,1-2,6,8-9H2,3H3/b11-7+. The molecule has 2 heteroatoms. The predicted molar refractivity (Wildman–Crippen MR) is 60.0 cm³/mol. The largest absolute Gasteiger partial charge is 0.490 e. The van der Waals surface area contributed by atoms with Crippen molar-refractivity contribution in [3.05, 3.63) is 37.1 Å². The molecule has 1 N–H and O–H groups in total. The van der Waals surface area contributed by atoms with Gasteiger partial charge < -0.3 is 10.1 Å². The molecule has 0 aromatic heterocycles. The third kappa shape index (κ3) is 3.04. The van der Waals surface area contributed by atoms with E-state index in [1.165, 1.54) is 0 Å². The van der Waals surface area contributed by atoms with Crippen LogP contribution in [-0.4, -0.2) is 18.7 Å². The lowest BCUT2D eigenvalue weighted by Crippen LogP contribution is -2.45. The topological polar surface area (TPSA) is 21.3 Å². The zero-order chi connectivity index (χ0) is 10.4. The Hall–Kier alpha value is -1.02. The first-order valence-corrected chi connectivity index (χ1v) is 5.15. The summed E-state index contributed by atoms with van der Waals surface area (Å²) in [5.41, 5.74) is 0. The summed E-state index contributed by atoms with van der Waals surface area (Å²) in [7, 11) is 0. The van der Waals surface area contributed by atoms with Gasteiger partial charge in [-0.2, -0.15) is 0 Å². The van der Waals surface area contributed by atoms with Gasteiger partial charge in [-0.05, 0) is 31.5 Å². The van der Waals surface area contributed by atoms with Gasteiger partial charge in [-0.1, -0.05) is 26.2 Å². The third-order valence-corrected chi connectivity index (χ3v) is 2.37. The Kier molecular flexibility index (Phi) is 4.47. The molecule has 0 amide bonds. The molecule has 1 aliphatic carbocycles. The lowest BCUT2D eigenvalue weighted by molar-refractivity contribution is 0.0339. The molecule has 0 bridgehead atoms. The predicted octanol–water partition coefficient (Wildman–Crippen LogP) is 2.40. The Labute approximate surface area is 86.3 Å². The van der Waals surface area contributed by atoms with E-state index in [2.05, 4.69) is 25.4 Å². The van der Waals surface area contributed by atoms with Crippen LogP contribution in [0.4, 0.5) is 0 Å². The smallest absolute Gasteiger partial charge is 0.119 e. The Bertz CT molecular complexity index is 226. The van der Waals surface area contributed by atoms with Crippen molar-refractivity contribution in [3.63, 3.8) is 0 Å². The normalized spacial score (nSPS) is 26.5. The van der Waals surface area contributed by atoms with Gasteiger partial charge in [-0.3, -0.25) is 0 Å². The maximum atomic E-state index is 5.68. The van der Waals surface area contributed by atoms with Crippen LogP contribution < -0.4 is 5.32 Å². The van der Waals surface area contributed by atoms with Crippen molar-refractivity contribution in [2.45, 2.75) is 31.9 Å². The second-order valence-corrected chi connectivity index (χ2v) is 3.47. The molecule has 0 aliphatic heterocycles. The molecule has 0 aromatic carbocycles. The second-order valence-electron chi connectivity index (χ2n) is 3.47. The molecule has 1 fully saturated rings. The third-order valence-electron chi connectivity index (χ3n) is 2.37. The van der Waals surface area contributed by atoms with Gasteiger partial charge in [0, 0.05) is 6.04 Å². The molecular formula is C12H19NO. The minimum absolute atomic E-state index is 0.350. The van der Waals surface area contributed by atoms with Gasteiger partial charge >= 0.3 is 0 Å². The molecule has 0 aromatic rings. The van der Waals surface area contributed by atoms with E-state index in [1.807, 2.05) is 6.08 Å². The summed E-state index contributed by atoms with van der Waals surface area (Å²) in [6.07, 6.45) is 7.82. The van der Waals surface area contributed by atoms with Gasteiger partial charge in [0.2, 0.25) is 0 Å². The first kappa shape index (κ1) is 11.1. The van der Waals surface area contributed by atoms with Crippen LogP contribution in [0.2, 0.25) is 0 Å². The Morgan fingerprint density at radius 1 is 1.50 bits per heavy atom. The molecule has 1 saturated carbocycles. The lowest BCUT2D eigenvalue weighted by atomic mass is 9.89. The highest BCUT2D eigenvalue weighted by molar-refractivity contribution is 5.15. The van der Waals surface area contributed by atoms with E-state index in [4.69, 9.17) is 4.74 Å². The number of hydrogen-bond acceptors (Lipinski definition) is 2. The zero-order valence-electron chi connectivity index (χ0n) is 8.83. The molecule has 2 nitrogen and oxygen atoms in total. The summed E-state index contributed by atoms with van der Waals surface area (Å²) in [5.74, 6) is 0.819. The number of allylic oxidation sites excluding steroid dienone is 3. The van der Waals surface area contributed by atoms with Crippen molar-refractivity contribution in [1.82, 2.24) is 5.32 Å². The Balaban J connectivity index is 2.24. The van der Waals surface area contributed by atoms with Crippen LogP contribution in [0.3, 0.4) is 0 Å². The fraction of sp³-hybridized carbons (Fsp3) is 0.500. The maximum Gasteiger partial charge on any atom is 0.119 e. The van der Waals surface area contributed by atoms with Crippen LogP contribution in [0.15, 0.2) is 37.1 Å². The first-order valence-electron chi connectivity index (χ1n) is 5.15. The summed E-state index contributed by atoms with van der Waals surface area (Å²) in [4.78, 5) is 0. The van der Waals surface area contributed by atoms with Crippen LogP contribution in [0, 0.1) is 0 Å². The van der Waals surface area contributed by atoms with Crippen molar-refractivity contribution in [2.24, 2.45) is 0 Å². The monoisotopic (exact) mass is 193 g/mol. The van der Waals surface area contributed by atoms with Gasteiger partial charge in [0.1, 0.15) is 11.9 Å². The highest BCUT2D eigenvalue weighted by Gasteiger charge is 2.29. The van der Waals surface area contributed by atoms with E-state index in [1.54, 1.807) is 12.2 Å². The lowest BCUT2D eigenvalue weighted by Gasteiger charge is -2.36. The number of hydrogen-bond donors (Lipinski definition) is 1. The minimum atomic E-state index is 0.350. The maximum absolute atomic E-state index is 5.68. The summed E-state index contributed by atoms with van der Waals surface area (Å²) < 4.78 is 5.68. The van der Waals surface area contributed by atoms with Gasteiger partial charge in [-0.25, -0.2) is 0 Å². The fourth-order valence-electron chi connectivity index (χ4n) is 1.58. The van der Waals surface area contributed by atoms with E-state index >= 15 is 0 Å². The molecule has 0 heterocycles. The average molecular weight is 193 g/mol. The van der Waals surface area contributed by atoms with Crippen molar-refractivity contribution in [2.75, 3.05) is 6.54 Å². The molecular weight excluding hydrogens is 174 g/mol. The Morgan fingerprint density at radius 3 is 2.71 bits per heavy atom. The molecule has 0 unspecified atom stereocenters. The van der Waals surface area contributed by atoms with Crippen molar-refractivity contribution < 1.29 is 4.74 Å². The van der Waals surface area contributed by atoms with Crippen LogP contribution in [-0.2, 0) is 4.74 Å². The van der Waals surface area contributed by atoms with Crippen LogP contribution in [0.5, 0.6) is 0 Å². The highest BCUT2D eigenvalue weighted by atomic mass is 16.5. The molecule has 1 rings (SSSR count). The highest BCUT2D eigenvalue weighted by Crippen LogP contribution is 2.25. The number of rotatable bonds is 6. The van der Waals surface area contributed by atoms with Gasteiger partial charge in [0.15, 0.2) is 0 Å². The van der Waals surface area contributed by atoms with Crippen LogP contribution in [0.25, 0.3) is 0 Å². The SMILES string of the molecule is C=C/C=C(\C=C)OC1CC(NCC)C1. The van der Waals surface area contributed by atoms with Gasteiger partial charge in [0.25, 0.3) is 0 Å². The summed E-state index contributed by atoms with van der Waals surface area (Å²) >= 11 is 0. The van der Waals surface area contributed by atoms with E-state index in [0.717, 1.165) is 25.1 Å². The Morgan fingerprint density at radius 2 is 2.21 bits per heavy atom. The van der Waals surface area contributed by atoms with Crippen LogP contribution >= 0.6 is 0 Å². The van der Waals surface area contributed by atoms with E-state index < -0.39 is 0 Å². The molecule has 0 spiro atoms. The van der Waals surface area contributed by atoms with Crippen molar-refractivity contribution >= 4 is 0 Å². The van der Waals surface area contributed by atoms with Gasteiger partial charge in [0.05, 0.1) is 0 Å². The summed E-state index contributed by atoms with van der Waals surface area (Å²) in [6, 6.07) is 0.639. The molecule has 14 heavy (non-hydrogen) atoms. The molecule has 1 aliphatic rings. The minimum Gasteiger partial charge on any atom is -0.490 e. The van der Waals surface area contributed by atoms with Crippen LogP contribution in [0.1, 0.15) is 19.8 Å². The fourth-order valence-corrected chi connectivity index (χ4v) is 1.58. The zero-order valence-corrected chi connectivity index (χ0v) is 8.83. The summed E-state index contributed by atoms with van der Waals surface area (Å²) in [5, 5.41) is 3.39. The molecule has 78 valence electrons. The van der Waals surface area contributed by atoms with E-state index in [-0.39, 0.29) is 0 Å². The van der Waals surface area contributed by atoms with E-state index in [0.29, 0.717) is 12.1 Å². The molecule has 0 radical (unpaired) electrons.